The van der Waals surface area contributed by atoms with Gasteiger partial charge in [0.15, 0.2) is 6.10 Å². The lowest BCUT2D eigenvalue weighted by Gasteiger charge is -2.29. The fourth-order valence-electron chi connectivity index (χ4n) is 2.13. The molecule has 5 nitrogen and oxygen atoms in total. The minimum Gasteiger partial charge on any atom is -0.550 e. The quantitative estimate of drug-likeness (QED) is 0.238. The molecular weight excluding hydrogens is 282 g/mol. The number of carboxylic acid groups (broad SMARTS) is 1. The van der Waals surface area contributed by atoms with Crippen LogP contribution in [0.1, 0.15) is 51.9 Å². The van der Waals surface area contributed by atoms with Gasteiger partial charge in [0, 0.05) is 18.8 Å². The fraction of sp³-hybridized carbons (Fsp3) is 0.765. The number of rotatable bonds is 12. The summed E-state index contributed by atoms with van der Waals surface area (Å²) in [6.07, 6.45) is 8.75. The zero-order valence-electron chi connectivity index (χ0n) is 14.5. The zero-order chi connectivity index (χ0) is 17.0. The Morgan fingerprint density at radius 1 is 1.14 bits per heavy atom. The van der Waals surface area contributed by atoms with E-state index in [0.29, 0.717) is 17.4 Å². The normalized spacial score (nSPS) is 13.3. The third-order valence-corrected chi connectivity index (χ3v) is 3.10. The summed E-state index contributed by atoms with van der Waals surface area (Å²) in [5.74, 6) is -1.54. The van der Waals surface area contributed by atoms with Gasteiger partial charge in [0.25, 0.3) is 0 Å². The van der Waals surface area contributed by atoms with Crippen molar-refractivity contribution in [2.24, 2.45) is 0 Å². The van der Waals surface area contributed by atoms with E-state index in [2.05, 4.69) is 13.0 Å². The second kappa shape index (κ2) is 11.2. The second-order valence-corrected chi connectivity index (χ2v) is 6.67. The molecule has 0 unspecified atom stereocenters. The minimum absolute atomic E-state index is 0.256. The summed E-state index contributed by atoms with van der Waals surface area (Å²) < 4.78 is 5.80. The Bertz CT molecular complexity index is 358. The van der Waals surface area contributed by atoms with Crippen LogP contribution in [-0.2, 0) is 14.3 Å². The Labute approximate surface area is 134 Å². The van der Waals surface area contributed by atoms with Crippen LogP contribution in [0.5, 0.6) is 0 Å². The SMILES string of the molecule is CCCCCC=CCCC(=O)O[C@H](CC(=O)[O-])C[N+](C)(C)C. The first-order valence-corrected chi connectivity index (χ1v) is 8.09. The van der Waals surface area contributed by atoms with Crippen molar-refractivity contribution in [1.29, 1.82) is 0 Å². The topological polar surface area (TPSA) is 66.4 Å². The molecule has 0 aromatic carbocycles. The molecule has 0 spiro atoms. The van der Waals surface area contributed by atoms with E-state index >= 15 is 0 Å². The number of carboxylic acids is 1. The molecule has 0 aromatic rings. The molecule has 0 fully saturated rings. The van der Waals surface area contributed by atoms with E-state index in [0.717, 1.165) is 6.42 Å². The van der Waals surface area contributed by atoms with Gasteiger partial charge in [0.1, 0.15) is 6.54 Å². The molecule has 1 atom stereocenters. The van der Waals surface area contributed by atoms with Crippen LogP contribution >= 0.6 is 0 Å². The molecule has 128 valence electrons. The Hall–Kier alpha value is -1.36. The van der Waals surface area contributed by atoms with Crippen LogP contribution < -0.4 is 5.11 Å². The van der Waals surface area contributed by atoms with E-state index in [-0.39, 0.29) is 18.8 Å². The molecule has 0 radical (unpaired) electrons. The number of carbonyl (C=O) groups is 2. The lowest BCUT2D eigenvalue weighted by molar-refractivity contribution is -0.873. The fourth-order valence-corrected chi connectivity index (χ4v) is 2.13. The molecule has 0 rings (SSSR count). The van der Waals surface area contributed by atoms with Crippen molar-refractivity contribution in [3.63, 3.8) is 0 Å². The van der Waals surface area contributed by atoms with Gasteiger partial charge in [-0.05, 0) is 19.3 Å². The lowest BCUT2D eigenvalue weighted by atomic mass is 10.2. The van der Waals surface area contributed by atoms with Gasteiger partial charge in [0.2, 0.25) is 0 Å². The maximum Gasteiger partial charge on any atom is 0.306 e. The average Bonchev–Trinajstić information content (AvgIpc) is 2.34. The van der Waals surface area contributed by atoms with E-state index in [4.69, 9.17) is 4.74 Å². The van der Waals surface area contributed by atoms with E-state index < -0.39 is 12.1 Å². The maximum atomic E-state index is 11.8. The standard InChI is InChI=1S/C17H31NO4/c1-5-6-7-8-9-10-11-12-17(21)22-15(13-16(19)20)14-18(2,3)4/h9-10,15H,5-8,11-14H2,1-4H3/t15-/m1/s1. The second-order valence-electron chi connectivity index (χ2n) is 6.67. The van der Waals surface area contributed by atoms with Gasteiger partial charge in [-0.25, -0.2) is 0 Å². The number of carbonyl (C=O) groups excluding carboxylic acids is 2. The highest BCUT2D eigenvalue weighted by molar-refractivity contribution is 5.71. The van der Waals surface area contributed by atoms with Crippen molar-refractivity contribution >= 4 is 11.9 Å². The van der Waals surface area contributed by atoms with Crippen molar-refractivity contribution < 1.29 is 23.9 Å². The number of likely N-dealkylation sites (N-methyl/N-ethyl adjacent to an activating group) is 1. The Morgan fingerprint density at radius 3 is 2.32 bits per heavy atom. The summed E-state index contributed by atoms with van der Waals surface area (Å²) in [6.45, 7) is 2.62. The Morgan fingerprint density at radius 2 is 1.77 bits per heavy atom. The van der Waals surface area contributed by atoms with E-state index in [1.54, 1.807) is 0 Å². The molecule has 0 N–H and O–H groups in total. The molecular formula is C17H31NO4. The molecule has 22 heavy (non-hydrogen) atoms. The van der Waals surface area contributed by atoms with Gasteiger partial charge in [-0.3, -0.25) is 4.79 Å². The molecule has 0 saturated heterocycles. The van der Waals surface area contributed by atoms with Crippen molar-refractivity contribution in [3.05, 3.63) is 12.2 Å². The highest BCUT2D eigenvalue weighted by Crippen LogP contribution is 2.07. The Balaban J connectivity index is 4.09. The first-order chi connectivity index (χ1) is 10.2. The number of quaternary nitrogens is 1. The van der Waals surface area contributed by atoms with Gasteiger partial charge in [-0.1, -0.05) is 31.9 Å². The highest BCUT2D eigenvalue weighted by Gasteiger charge is 2.22. The van der Waals surface area contributed by atoms with Gasteiger partial charge < -0.3 is 19.1 Å². The summed E-state index contributed by atoms with van der Waals surface area (Å²) in [5.41, 5.74) is 0. The largest absolute Gasteiger partial charge is 0.550 e. The molecule has 5 heteroatoms. The summed E-state index contributed by atoms with van der Waals surface area (Å²) in [5, 5.41) is 10.7. The van der Waals surface area contributed by atoms with Crippen LogP contribution in [-0.4, -0.2) is 50.2 Å². The van der Waals surface area contributed by atoms with Crippen LogP contribution in [0.2, 0.25) is 0 Å². The predicted octanol–water partition coefficient (Wildman–Crippen LogP) is 1.66. The predicted molar refractivity (Wildman–Crippen MR) is 84.9 cm³/mol. The third-order valence-electron chi connectivity index (χ3n) is 3.10. The van der Waals surface area contributed by atoms with Gasteiger partial charge in [-0.15, -0.1) is 0 Å². The number of nitrogens with zero attached hydrogens (tertiary/aromatic N) is 1. The first kappa shape index (κ1) is 20.6. The van der Waals surface area contributed by atoms with Crippen molar-refractivity contribution in [1.82, 2.24) is 0 Å². The van der Waals surface area contributed by atoms with Gasteiger partial charge in [-0.2, -0.15) is 0 Å². The molecule has 0 aliphatic rings. The number of hydrogen-bond acceptors (Lipinski definition) is 4. The van der Waals surface area contributed by atoms with Crippen LogP contribution in [0, 0.1) is 0 Å². The molecule has 0 bridgehead atoms. The van der Waals surface area contributed by atoms with Crippen LogP contribution in [0.3, 0.4) is 0 Å². The highest BCUT2D eigenvalue weighted by atomic mass is 16.5. The molecule has 0 aliphatic heterocycles. The van der Waals surface area contributed by atoms with E-state index in [1.807, 2.05) is 27.2 Å². The summed E-state index contributed by atoms with van der Waals surface area (Å²) >= 11 is 0. The molecule has 0 amide bonds. The smallest absolute Gasteiger partial charge is 0.306 e. The van der Waals surface area contributed by atoms with Crippen molar-refractivity contribution in [3.8, 4) is 0 Å². The molecule has 0 aromatic heterocycles. The summed E-state index contributed by atoms with van der Waals surface area (Å²) in [4.78, 5) is 22.5. The zero-order valence-corrected chi connectivity index (χ0v) is 14.5. The minimum atomic E-state index is -1.19. The monoisotopic (exact) mass is 313 g/mol. The number of aliphatic carboxylic acids is 1. The van der Waals surface area contributed by atoms with E-state index in [9.17, 15) is 14.7 Å². The lowest BCUT2D eigenvalue weighted by Crippen LogP contribution is -2.45. The van der Waals surface area contributed by atoms with Crippen molar-refractivity contribution in [2.75, 3.05) is 27.7 Å². The molecule has 0 heterocycles. The van der Waals surface area contributed by atoms with Crippen LogP contribution in [0.15, 0.2) is 12.2 Å². The number of allylic oxidation sites excluding steroid dienone is 2. The maximum absolute atomic E-state index is 11.8. The summed E-state index contributed by atoms with van der Waals surface area (Å²) in [7, 11) is 5.78. The Kier molecular flexibility index (Phi) is 10.5. The third kappa shape index (κ3) is 13.6. The number of hydrogen-bond donors (Lipinski definition) is 0. The number of ether oxygens (including phenoxy) is 1. The van der Waals surface area contributed by atoms with E-state index in [1.165, 1.54) is 19.3 Å². The molecule has 0 aliphatic carbocycles. The van der Waals surface area contributed by atoms with Gasteiger partial charge >= 0.3 is 5.97 Å². The number of esters is 1. The molecule has 0 saturated carbocycles. The average molecular weight is 313 g/mol. The van der Waals surface area contributed by atoms with Crippen molar-refractivity contribution in [2.45, 2.75) is 58.0 Å². The van der Waals surface area contributed by atoms with Gasteiger partial charge in [0.05, 0.1) is 21.1 Å². The first-order valence-electron chi connectivity index (χ1n) is 8.09. The van der Waals surface area contributed by atoms with Crippen LogP contribution in [0.25, 0.3) is 0 Å². The van der Waals surface area contributed by atoms with Crippen LogP contribution in [0.4, 0.5) is 0 Å². The summed E-state index contributed by atoms with van der Waals surface area (Å²) in [6, 6.07) is 0. The number of unbranched alkanes of at least 4 members (excludes halogenated alkanes) is 3.